The van der Waals surface area contributed by atoms with Gasteiger partial charge in [-0.25, -0.2) is 0 Å². The molecule has 72 valence electrons. The van der Waals surface area contributed by atoms with E-state index >= 15 is 0 Å². The summed E-state index contributed by atoms with van der Waals surface area (Å²) in [5.41, 5.74) is 0. The van der Waals surface area contributed by atoms with Gasteiger partial charge in [-0.2, -0.15) is 0 Å². The lowest BCUT2D eigenvalue weighted by molar-refractivity contribution is -0.0480. The number of aliphatic hydroxyl groups excluding tert-OH is 1. The van der Waals surface area contributed by atoms with E-state index in [4.69, 9.17) is 14.6 Å². The third-order valence-corrected chi connectivity index (χ3v) is 2.04. The zero-order chi connectivity index (χ0) is 8.65. The number of rotatable bonds is 6. The van der Waals surface area contributed by atoms with E-state index in [0.717, 1.165) is 38.9 Å². The molecule has 1 heterocycles. The summed E-state index contributed by atoms with van der Waals surface area (Å²) >= 11 is 0. The maximum atomic E-state index is 8.53. The van der Waals surface area contributed by atoms with Gasteiger partial charge in [0.15, 0.2) is 6.29 Å². The van der Waals surface area contributed by atoms with Crippen LogP contribution in [0.5, 0.6) is 0 Å². The van der Waals surface area contributed by atoms with Crippen molar-refractivity contribution in [3.05, 3.63) is 0 Å². The van der Waals surface area contributed by atoms with E-state index in [1.165, 1.54) is 6.42 Å². The Labute approximate surface area is 73.7 Å². The van der Waals surface area contributed by atoms with E-state index in [1.54, 1.807) is 0 Å². The molecule has 1 aliphatic rings. The van der Waals surface area contributed by atoms with Gasteiger partial charge in [0.25, 0.3) is 0 Å². The van der Waals surface area contributed by atoms with Crippen molar-refractivity contribution >= 4 is 0 Å². The van der Waals surface area contributed by atoms with Crippen LogP contribution in [0.4, 0.5) is 0 Å². The molecule has 1 aliphatic heterocycles. The van der Waals surface area contributed by atoms with Crippen molar-refractivity contribution in [2.45, 2.75) is 38.4 Å². The Kier molecular flexibility index (Phi) is 5.32. The van der Waals surface area contributed by atoms with Gasteiger partial charge in [0.2, 0.25) is 0 Å². The van der Waals surface area contributed by atoms with Crippen LogP contribution in [0, 0.1) is 0 Å². The predicted octanol–water partition coefficient (Wildman–Crippen LogP) is 1.30. The van der Waals surface area contributed by atoms with Gasteiger partial charge in [-0.15, -0.1) is 0 Å². The molecule has 1 saturated heterocycles. The number of unbranched alkanes of at least 4 members (excludes halogenated alkanes) is 3. The average molecular weight is 174 g/mol. The molecule has 3 heteroatoms. The molecule has 0 aromatic heterocycles. The van der Waals surface area contributed by atoms with Crippen LogP contribution < -0.4 is 0 Å². The topological polar surface area (TPSA) is 38.7 Å². The monoisotopic (exact) mass is 174 g/mol. The van der Waals surface area contributed by atoms with E-state index in [2.05, 4.69) is 0 Å². The Morgan fingerprint density at radius 1 is 1.00 bits per heavy atom. The van der Waals surface area contributed by atoms with Crippen molar-refractivity contribution in [1.29, 1.82) is 0 Å². The first-order valence-corrected chi connectivity index (χ1v) is 4.77. The number of hydrogen-bond donors (Lipinski definition) is 1. The molecule has 1 rings (SSSR count). The van der Waals surface area contributed by atoms with Crippen molar-refractivity contribution in [3.63, 3.8) is 0 Å². The van der Waals surface area contributed by atoms with Crippen molar-refractivity contribution in [1.82, 2.24) is 0 Å². The highest BCUT2D eigenvalue weighted by Gasteiger charge is 2.14. The highest BCUT2D eigenvalue weighted by Crippen LogP contribution is 2.12. The molecule has 0 bridgehead atoms. The molecule has 0 atom stereocenters. The van der Waals surface area contributed by atoms with Crippen molar-refractivity contribution in [2.75, 3.05) is 19.8 Å². The van der Waals surface area contributed by atoms with Crippen LogP contribution in [0.15, 0.2) is 0 Å². The van der Waals surface area contributed by atoms with Crippen LogP contribution in [0.25, 0.3) is 0 Å². The van der Waals surface area contributed by atoms with E-state index in [-0.39, 0.29) is 6.29 Å². The minimum Gasteiger partial charge on any atom is -0.396 e. The smallest absolute Gasteiger partial charge is 0.157 e. The Morgan fingerprint density at radius 3 is 2.33 bits per heavy atom. The molecule has 0 aromatic rings. The fourth-order valence-electron chi connectivity index (χ4n) is 1.35. The quantitative estimate of drug-likeness (QED) is 0.617. The first-order chi connectivity index (χ1) is 5.93. The lowest BCUT2D eigenvalue weighted by atomic mass is 10.1. The molecule has 0 spiro atoms. The van der Waals surface area contributed by atoms with Crippen LogP contribution in [0.1, 0.15) is 32.1 Å². The normalized spacial score (nSPS) is 18.8. The Morgan fingerprint density at radius 2 is 1.67 bits per heavy atom. The van der Waals surface area contributed by atoms with E-state index in [0.29, 0.717) is 6.61 Å². The lowest BCUT2D eigenvalue weighted by Crippen LogP contribution is -2.06. The van der Waals surface area contributed by atoms with Crippen LogP contribution in [0.2, 0.25) is 0 Å². The molecule has 0 saturated carbocycles. The standard InChI is InChI=1S/C9H18O3/c10-6-4-2-1-3-5-9-11-7-8-12-9/h9-10H,1-8H2. The Bertz CT molecular complexity index is 99.9. The highest BCUT2D eigenvalue weighted by atomic mass is 16.7. The largest absolute Gasteiger partial charge is 0.396 e. The maximum Gasteiger partial charge on any atom is 0.157 e. The second-order valence-electron chi connectivity index (χ2n) is 3.10. The van der Waals surface area contributed by atoms with Gasteiger partial charge in [0.05, 0.1) is 13.2 Å². The molecule has 0 aromatic carbocycles. The number of ether oxygens (including phenoxy) is 2. The summed E-state index contributed by atoms with van der Waals surface area (Å²) in [6, 6.07) is 0. The van der Waals surface area contributed by atoms with Gasteiger partial charge in [-0.05, 0) is 19.3 Å². The fraction of sp³-hybridized carbons (Fsp3) is 1.00. The SMILES string of the molecule is OCCCCCCC1OCCO1. The zero-order valence-electron chi connectivity index (χ0n) is 7.50. The zero-order valence-corrected chi connectivity index (χ0v) is 7.50. The summed E-state index contributed by atoms with van der Waals surface area (Å²) in [6.07, 6.45) is 5.41. The van der Waals surface area contributed by atoms with Gasteiger partial charge in [-0.3, -0.25) is 0 Å². The predicted molar refractivity (Wildman–Crippen MR) is 45.9 cm³/mol. The van der Waals surface area contributed by atoms with Crippen LogP contribution in [-0.2, 0) is 9.47 Å². The van der Waals surface area contributed by atoms with Gasteiger partial charge < -0.3 is 14.6 Å². The van der Waals surface area contributed by atoms with Crippen LogP contribution in [0.3, 0.4) is 0 Å². The molecule has 12 heavy (non-hydrogen) atoms. The summed E-state index contributed by atoms with van der Waals surface area (Å²) in [4.78, 5) is 0. The van der Waals surface area contributed by atoms with Crippen molar-refractivity contribution in [2.24, 2.45) is 0 Å². The Hall–Kier alpha value is -0.120. The number of aliphatic hydroxyl groups is 1. The molecule has 1 N–H and O–H groups in total. The molecule has 0 aliphatic carbocycles. The van der Waals surface area contributed by atoms with Gasteiger partial charge >= 0.3 is 0 Å². The van der Waals surface area contributed by atoms with E-state index in [9.17, 15) is 0 Å². The Balaban J connectivity index is 1.81. The average Bonchev–Trinajstić information content (AvgIpc) is 2.57. The van der Waals surface area contributed by atoms with Gasteiger partial charge in [0, 0.05) is 6.61 Å². The van der Waals surface area contributed by atoms with Crippen molar-refractivity contribution in [3.8, 4) is 0 Å². The van der Waals surface area contributed by atoms with Crippen LogP contribution >= 0.6 is 0 Å². The summed E-state index contributed by atoms with van der Waals surface area (Å²) in [6.45, 7) is 1.82. The minimum atomic E-state index is 0.0547. The maximum absolute atomic E-state index is 8.53. The van der Waals surface area contributed by atoms with Crippen molar-refractivity contribution < 1.29 is 14.6 Å². The fourth-order valence-corrected chi connectivity index (χ4v) is 1.35. The summed E-state index contributed by atoms with van der Waals surface area (Å²) in [5.74, 6) is 0. The third-order valence-electron chi connectivity index (χ3n) is 2.04. The van der Waals surface area contributed by atoms with Crippen LogP contribution in [-0.4, -0.2) is 31.2 Å². The summed E-state index contributed by atoms with van der Waals surface area (Å²) in [5, 5.41) is 8.53. The molecular weight excluding hydrogens is 156 g/mol. The molecular formula is C9H18O3. The van der Waals surface area contributed by atoms with E-state index in [1.807, 2.05) is 0 Å². The highest BCUT2D eigenvalue weighted by molar-refractivity contribution is 4.52. The summed E-state index contributed by atoms with van der Waals surface area (Å²) < 4.78 is 10.6. The second kappa shape index (κ2) is 6.40. The minimum absolute atomic E-state index is 0.0547. The molecule has 0 radical (unpaired) electrons. The first-order valence-electron chi connectivity index (χ1n) is 4.77. The first kappa shape index (κ1) is 9.96. The number of hydrogen-bond acceptors (Lipinski definition) is 3. The lowest BCUT2D eigenvalue weighted by Gasteiger charge is -2.07. The molecule has 3 nitrogen and oxygen atoms in total. The van der Waals surface area contributed by atoms with Gasteiger partial charge in [0.1, 0.15) is 0 Å². The molecule has 0 unspecified atom stereocenters. The second-order valence-corrected chi connectivity index (χ2v) is 3.10. The van der Waals surface area contributed by atoms with E-state index < -0.39 is 0 Å². The third kappa shape index (κ3) is 4.04. The summed E-state index contributed by atoms with van der Waals surface area (Å²) in [7, 11) is 0. The molecule has 1 fully saturated rings. The van der Waals surface area contributed by atoms with Gasteiger partial charge in [-0.1, -0.05) is 12.8 Å². The molecule has 0 amide bonds.